The van der Waals surface area contributed by atoms with E-state index < -0.39 is 17.3 Å². The zero-order valence-electron chi connectivity index (χ0n) is 12.1. The average molecular weight is 286 g/mol. The standard InChI is InChI=1S/C15H21ClFNO/c1-14(2,3)9-15(4,5)18-13(19)10-7-6-8-11(16)12(10)17/h6-8H,9H2,1-5H3,(H,18,19). The maximum Gasteiger partial charge on any atom is 0.254 e. The highest BCUT2D eigenvalue weighted by atomic mass is 35.5. The topological polar surface area (TPSA) is 29.1 Å². The summed E-state index contributed by atoms with van der Waals surface area (Å²) in [5.41, 5.74) is -0.359. The molecule has 0 unspecified atom stereocenters. The third-order valence-corrected chi connectivity index (χ3v) is 2.91. The number of hydrogen-bond donors (Lipinski definition) is 1. The van der Waals surface area contributed by atoms with Gasteiger partial charge in [0, 0.05) is 5.54 Å². The first-order valence-corrected chi connectivity index (χ1v) is 6.66. The van der Waals surface area contributed by atoms with E-state index in [0.717, 1.165) is 6.42 Å². The molecule has 4 heteroatoms. The first-order chi connectivity index (χ1) is 8.52. The molecule has 0 bridgehead atoms. The fraction of sp³-hybridized carbons (Fsp3) is 0.533. The lowest BCUT2D eigenvalue weighted by molar-refractivity contribution is 0.0887. The second-order valence-corrected chi connectivity index (χ2v) is 7.08. The summed E-state index contributed by atoms with van der Waals surface area (Å²) < 4.78 is 13.8. The van der Waals surface area contributed by atoms with Crippen LogP contribution in [-0.4, -0.2) is 11.4 Å². The van der Waals surface area contributed by atoms with Crippen LogP contribution in [0, 0.1) is 11.2 Å². The Morgan fingerprint density at radius 3 is 2.37 bits per heavy atom. The van der Waals surface area contributed by atoms with Crippen molar-refractivity contribution in [1.29, 1.82) is 0 Å². The molecule has 0 fully saturated rings. The number of carbonyl (C=O) groups is 1. The number of nitrogens with one attached hydrogen (secondary N) is 1. The van der Waals surface area contributed by atoms with Crippen molar-refractivity contribution in [1.82, 2.24) is 5.32 Å². The molecule has 0 aromatic heterocycles. The van der Waals surface area contributed by atoms with E-state index in [9.17, 15) is 9.18 Å². The summed E-state index contributed by atoms with van der Waals surface area (Å²) >= 11 is 5.68. The number of halogens is 2. The summed E-state index contributed by atoms with van der Waals surface area (Å²) in [7, 11) is 0. The van der Waals surface area contributed by atoms with Crippen LogP contribution in [0.15, 0.2) is 18.2 Å². The van der Waals surface area contributed by atoms with Gasteiger partial charge in [0.2, 0.25) is 0 Å². The van der Waals surface area contributed by atoms with E-state index in [1.54, 1.807) is 6.07 Å². The van der Waals surface area contributed by atoms with Crippen LogP contribution in [0.2, 0.25) is 5.02 Å². The van der Waals surface area contributed by atoms with Gasteiger partial charge >= 0.3 is 0 Å². The highest BCUT2D eigenvalue weighted by molar-refractivity contribution is 6.31. The monoisotopic (exact) mass is 285 g/mol. The van der Waals surface area contributed by atoms with Crippen LogP contribution >= 0.6 is 11.6 Å². The Bertz CT molecular complexity index is 478. The minimum atomic E-state index is -0.673. The van der Waals surface area contributed by atoms with E-state index in [-0.39, 0.29) is 16.0 Å². The Labute approximate surface area is 119 Å². The van der Waals surface area contributed by atoms with E-state index in [1.165, 1.54) is 12.1 Å². The SMILES string of the molecule is CC(C)(C)CC(C)(C)NC(=O)c1cccc(Cl)c1F. The lowest BCUT2D eigenvalue weighted by atomic mass is 9.81. The van der Waals surface area contributed by atoms with Gasteiger partial charge in [0.05, 0.1) is 10.6 Å². The largest absolute Gasteiger partial charge is 0.347 e. The molecule has 1 aromatic carbocycles. The summed E-state index contributed by atoms with van der Waals surface area (Å²) in [5, 5.41) is 2.82. The van der Waals surface area contributed by atoms with E-state index >= 15 is 0 Å². The predicted octanol–water partition coefficient (Wildman–Crippen LogP) is 4.42. The summed E-state index contributed by atoms with van der Waals surface area (Å²) in [6.07, 6.45) is 0.786. The van der Waals surface area contributed by atoms with Gasteiger partial charge in [0.25, 0.3) is 5.91 Å². The third-order valence-electron chi connectivity index (χ3n) is 2.62. The van der Waals surface area contributed by atoms with Crippen molar-refractivity contribution in [3.05, 3.63) is 34.6 Å². The van der Waals surface area contributed by atoms with E-state index in [4.69, 9.17) is 11.6 Å². The molecule has 0 heterocycles. The van der Waals surface area contributed by atoms with Gasteiger partial charge in [-0.2, -0.15) is 0 Å². The molecule has 106 valence electrons. The maximum atomic E-state index is 13.8. The number of benzene rings is 1. The van der Waals surface area contributed by atoms with Gasteiger partial charge < -0.3 is 5.32 Å². The molecule has 0 aliphatic rings. The molecule has 0 saturated carbocycles. The number of carbonyl (C=O) groups excluding carboxylic acids is 1. The second-order valence-electron chi connectivity index (χ2n) is 6.68. The van der Waals surface area contributed by atoms with Crippen molar-refractivity contribution in [2.45, 2.75) is 46.6 Å². The number of amides is 1. The van der Waals surface area contributed by atoms with E-state index in [0.29, 0.717) is 0 Å². The van der Waals surface area contributed by atoms with E-state index in [2.05, 4.69) is 26.1 Å². The van der Waals surface area contributed by atoms with Crippen LogP contribution in [0.3, 0.4) is 0 Å². The number of hydrogen-bond acceptors (Lipinski definition) is 1. The Morgan fingerprint density at radius 1 is 1.26 bits per heavy atom. The Balaban J connectivity index is 2.88. The lowest BCUT2D eigenvalue weighted by Gasteiger charge is -2.33. The fourth-order valence-corrected chi connectivity index (χ4v) is 2.60. The molecule has 2 nitrogen and oxygen atoms in total. The average Bonchev–Trinajstić information content (AvgIpc) is 2.17. The first-order valence-electron chi connectivity index (χ1n) is 6.28. The maximum absolute atomic E-state index is 13.8. The Hall–Kier alpha value is -1.09. The van der Waals surface area contributed by atoms with Crippen LogP contribution in [0.25, 0.3) is 0 Å². The minimum Gasteiger partial charge on any atom is -0.347 e. The van der Waals surface area contributed by atoms with Crippen LogP contribution in [0.5, 0.6) is 0 Å². The van der Waals surface area contributed by atoms with Gasteiger partial charge in [-0.25, -0.2) is 4.39 Å². The highest BCUT2D eigenvalue weighted by Gasteiger charge is 2.28. The van der Waals surface area contributed by atoms with Gasteiger partial charge in [0.1, 0.15) is 0 Å². The van der Waals surface area contributed by atoms with Crippen LogP contribution < -0.4 is 5.32 Å². The molecule has 0 aliphatic carbocycles. The van der Waals surface area contributed by atoms with Crippen molar-refractivity contribution < 1.29 is 9.18 Å². The zero-order chi connectivity index (χ0) is 14.8. The van der Waals surface area contributed by atoms with Crippen LogP contribution in [0.4, 0.5) is 4.39 Å². The quantitative estimate of drug-likeness (QED) is 0.875. The smallest absolute Gasteiger partial charge is 0.254 e. The Morgan fingerprint density at radius 2 is 1.84 bits per heavy atom. The molecular weight excluding hydrogens is 265 g/mol. The second kappa shape index (κ2) is 5.49. The molecule has 0 aliphatic heterocycles. The molecule has 1 amide bonds. The van der Waals surface area contributed by atoms with Crippen molar-refractivity contribution in [2.24, 2.45) is 5.41 Å². The number of rotatable bonds is 3. The molecule has 0 saturated heterocycles. The molecule has 1 aromatic rings. The summed E-state index contributed by atoms with van der Waals surface area (Å²) in [4.78, 5) is 12.1. The minimum absolute atomic E-state index is 0.0190. The fourth-order valence-electron chi connectivity index (χ4n) is 2.42. The normalized spacial score (nSPS) is 12.4. The molecule has 0 spiro atoms. The van der Waals surface area contributed by atoms with Crippen LogP contribution in [0.1, 0.15) is 51.4 Å². The van der Waals surface area contributed by atoms with Gasteiger partial charge in [-0.3, -0.25) is 4.79 Å². The lowest BCUT2D eigenvalue weighted by Crippen LogP contribution is -2.46. The van der Waals surface area contributed by atoms with Crippen molar-refractivity contribution in [3.8, 4) is 0 Å². The van der Waals surface area contributed by atoms with Crippen LogP contribution in [-0.2, 0) is 0 Å². The first kappa shape index (κ1) is 16.0. The molecule has 0 atom stereocenters. The third kappa shape index (κ3) is 4.83. The molecular formula is C15H21ClFNO. The van der Waals surface area contributed by atoms with Crippen molar-refractivity contribution in [3.63, 3.8) is 0 Å². The summed E-state index contributed by atoms with van der Waals surface area (Å²) in [5.74, 6) is -1.11. The Kier molecular flexibility index (Phi) is 4.62. The zero-order valence-corrected chi connectivity index (χ0v) is 12.9. The predicted molar refractivity (Wildman–Crippen MR) is 77.0 cm³/mol. The van der Waals surface area contributed by atoms with Gasteiger partial charge in [-0.05, 0) is 37.8 Å². The summed E-state index contributed by atoms with van der Waals surface area (Å²) in [6.45, 7) is 10.2. The van der Waals surface area contributed by atoms with Crippen molar-refractivity contribution >= 4 is 17.5 Å². The van der Waals surface area contributed by atoms with Gasteiger partial charge in [-0.1, -0.05) is 38.4 Å². The molecule has 1 rings (SSSR count). The molecule has 1 N–H and O–H groups in total. The van der Waals surface area contributed by atoms with Crippen molar-refractivity contribution in [2.75, 3.05) is 0 Å². The summed E-state index contributed by atoms with van der Waals surface area (Å²) in [6, 6.07) is 4.43. The highest BCUT2D eigenvalue weighted by Crippen LogP contribution is 2.27. The van der Waals surface area contributed by atoms with Gasteiger partial charge in [0.15, 0.2) is 5.82 Å². The van der Waals surface area contributed by atoms with E-state index in [1.807, 2.05) is 13.8 Å². The molecule has 0 radical (unpaired) electrons. The molecule has 19 heavy (non-hydrogen) atoms. The van der Waals surface area contributed by atoms with Gasteiger partial charge in [-0.15, -0.1) is 0 Å².